The Balaban J connectivity index is 1.96. The van der Waals surface area contributed by atoms with Crippen LogP contribution in [0.4, 0.5) is 5.69 Å². The normalized spacial score (nSPS) is 11.8. The third-order valence-corrected chi connectivity index (χ3v) is 4.18. The summed E-state index contributed by atoms with van der Waals surface area (Å²) in [7, 11) is 3.75. The smallest absolute Gasteiger partial charge is 0.119 e. The van der Waals surface area contributed by atoms with Gasteiger partial charge in [-0.15, -0.1) is 6.42 Å². The zero-order chi connectivity index (χ0) is 17.4. The highest BCUT2D eigenvalue weighted by atomic mass is 16.5. The molecule has 0 aliphatic heterocycles. The van der Waals surface area contributed by atoms with Crippen LogP contribution in [0.2, 0.25) is 0 Å². The average Bonchev–Trinajstić information content (AvgIpc) is 2.60. The molecule has 1 N–H and O–H groups in total. The van der Waals surface area contributed by atoms with E-state index in [1.165, 1.54) is 11.1 Å². The molecule has 3 heteroatoms. The molecule has 0 bridgehead atoms. The van der Waals surface area contributed by atoms with Gasteiger partial charge in [0.25, 0.3) is 0 Å². The summed E-state index contributed by atoms with van der Waals surface area (Å²) in [4.78, 5) is 2.19. The second kappa shape index (κ2) is 9.00. The van der Waals surface area contributed by atoms with Gasteiger partial charge in [0.15, 0.2) is 0 Å². The molecule has 0 saturated carbocycles. The Kier molecular flexibility index (Phi) is 6.72. The lowest BCUT2D eigenvalue weighted by Crippen LogP contribution is -2.31. The number of anilines is 1. The first-order valence-corrected chi connectivity index (χ1v) is 8.22. The highest BCUT2D eigenvalue weighted by Gasteiger charge is 2.09. The van der Waals surface area contributed by atoms with E-state index in [1.807, 2.05) is 18.2 Å². The van der Waals surface area contributed by atoms with Crippen LogP contribution in [0.5, 0.6) is 5.75 Å². The van der Waals surface area contributed by atoms with Crippen LogP contribution in [0.25, 0.3) is 0 Å². The van der Waals surface area contributed by atoms with Crippen molar-refractivity contribution in [3.63, 3.8) is 0 Å². The number of benzene rings is 2. The zero-order valence-electron chi connectivity index (χ0n) is 14.8. The maximum Gasteiger partial charge on any atom is 0.119 e. The van der Waals surface area contributed by atoms with Crippen LogP contribution in [0.15, 0.2) is 48.5 Å². The number of nitrogens with zero attached hydrogens (tertiary/aromatic N) is 1. The molecule has 3 nitrogen and oxygen atoms in total. The first-order valence-electron chi connectivity index (χ1n) is 8.22. The number of nitrogens with one attached hydrogen (secondary N) is 1. The highest BCUT2D eigenvalue weighted by molar-refractivity contribution is 5.46. The molecular formula is C21H26N2O. The Labute approximate surface area is 145 Å². The second-order valence-electron chi connectivity index (χ2n) is 6.08. The highest BCUT2D eigenvalue weighted by Crippen LogP contribution is 2.17. The largest absolute Gasteiger partial charge is 0.497 e. The van der Waals surface area contributed by atoms with Crippen LogP contribution in [0.3, 0.4) is 0 Å². The molecule has 0 spiro atoms. The van der Waals surface area contributed by atoms with E-state index in [4.69, 9.17) is 11.2 Å². The molecule has 0 aliphatic carbocycles. The van der Waals surface area contributed by atoms with Crippen molar-refractivity contribution in [3.8, 4) is 18.1 Å². The molecule has 126 valence electrons. The van der Waals surface area contributed by atoms with Gasteiger partial charge >= 0.3 is 0 Å². The van der Waals surface area contributed by atoms with Gasteiger partial charge in [0.05, 0.1) is 13.7 Å². The molecule has 0 aliphatic rings. The number of terminal acetylenes is 1. The minimum absolute atomic E-state index is 0.412. The summed E-state index contributed by atoms with van der Waals surface area (Å²) >= 11 is 0. The van der Waals surface area contributed by atoms with Crippen molar-refractivity contribution >= 4 is 5.69 Å². The van der Waals surface area contributed by atoms with Crippen LogP contribution in [0.1, 0.15) is 18.1 Å². The molecule has 2 aromatic carbocycles. The summed E-state index contributed by atoms with van der Waals surface area (Å²) in [6.07, 6.45) is 6.37. The van der Waals surface area contributed by atoms with Crippen molar-refractivity contribution in [2.24, 2.45) is 0 Å². The van der Waals surface area contributed by atoms with E-state index in [0.717, 1.165) is 24.4 Å². The molecular weight excluding hydrogens is 296 g/mol. The number of rotatable bonds is 8. The molecule has 0 saturated heterocycles. The lowest BCUT2D eigenvalue weighted by atomic mass is 10.1. The van der Waals surface area contributed by atoms with Gasteiger partial charge in [-0.2, -0.15) is 0 Å². The topological polar surface area (TPSA) is 24.5 Å². The number of hydrogen-bond acceptors (Lipinski definition) is 3. The fourth-order valence-electron chi connectivity index (χ4n) is 2.59. The predicted octanol–water partition coefficient (Wildman–Crippen LogP) is 3.80. The van der Waals surface area contributed by atoms with Gasteiger partial charge in [0, 0.05) is 18.3 Å². The van der Waals surface area contributed by atoms with Gasteiger partial charge in [-0.1, -0.05) is 30.2 Å². The maximum absolute atomic E-state index is 5.39. The van der Waals surface area contributed by atoms with E-state index in [-0.39, 0.29) is 0 Å². The molecule has 0 heterocycles. The fraction of sp³-hybridized carbons (Fsp3) is 0.333. The quantitative estimate of drug-likeness (QED) is 0.748. The molecule has 2 rings (SSSR count). The summed E-state index contributed by atoms with van der Waals surface area (Å²) in [5.41, 5.74) is 3.63. The lowest BCUT2D eigenvalue weighted by molar-refractivity contribution is 0.287. The van der Waals surface area contributed by atoms with Gasteiger partial charge in [-0.05, 0) is 55.8 Å². The van der Waals surface area contributed by atoms with Crippen molar-refractivity contribution in [1.29, 1.82) is 0 Å². The van der Waals surface area contributed by atoms with E-state index in [0.29, 0.717) is 12.6 Å². The Morgan fingerprint density at radius 3 is 2.67 bits per heavy atom. The molecule has 2 aromatic rings. The SMILES string of the molecule is C#CCN(C)[C@H](C)Cc1cccc(NCc2cccc(OC)c2)c1. The van der Waals surface area contributed by atoms with Gasteiger partial charge in [0.1, 0.15) is 5.75 Å². The van der Waals surface area contributed by atoms with Crippen molar-refractivity contribution in [2.45, 2.75) is 25.9 Å². The Hall–Kier alpha value is -2.44. The van der Waals surface area contributed by atoms with Crippen LogP contribution < -0.4 is 10.1 Å². The monoisotopic (exact) mass is 322 g/mol. The number of ether oxygens (including phenoxy) is 1. The number of hydrogen-bond donors (Lipinski definition) is 1. The lowest BCUT2D eigenvalue weighted by Gasteiger charge is -2.22. The molecule has 0 radical (unpaired) electrons. The second-order valence-corrected chi connectivity index (χ2v) is 6.08. The average molecular weight is 322 g/mol. The summed E-state index contributed by atoms with van der Waals surface area (Å²) in [6, 6.07) is 17.1. The van der Waals surface area contributed by atoms with Gasteiger partial charge in [0.2, 0.25) is 0 Å². The van der Waals surface area contributed by atoms with E-state index < -0.39 is 0 Å². The molecule has 1 atom stereocenters. The maximum atomic E-state index is 5.39. The van der Waals surface area contributed by atoms with Gasteiger partial charge in [-0.25, -0.2) is 0 Å². The predicted molar refractivity (Wildman–Crippen MR) is 101 cm³/mol. The van der Waals surface area contributed by atoms with E-state index in [9.17, 15) is 0 Å². The third kappa shape index (κ3) is 5.33. The summed E-state index contributed by atoms with van der Waals surface area (Å²) in [5, 5.41) is 3.48. The van der Waals surface area contributed by atoms with Crippen molar-refractivity contribution in [1.82, 2.24) is 4.90 Å². The summed E-state index contributed by atoms with van der Waals surface area (Å²) in [5.74, 6) is 3.58. The molecule has 0 unspecified atom stereocenters. The zero-order valence-corrected chi connectivity index (χ0v) is 14.8. The van der Waals surface area contributed by atoms with E-state index in [1.54, 1.807) is 7.11 Å². The first kappa shape index (κ1) is 17.9. The molecule has 0 amide bonds. The van der Waals surface area contributed by atoms with E-state index in [2.05, 4.69) is 60.4 Å². The first-order chi connectivity index (χ1) is 11.6. The Morgan fingerprint density at radius 1 is 1.17 bits per heavy atom. The van der Waals surface area contributed by atoms with Crippen LogP contribution in [0, 0.1) is 12.3 Å². The van der Waals surface area contributed by atoms with Crippen molar-refractivity contribution in [2.75, 3.05) is 26.0 Å². The van der Waals surface area contributed by atoms with Crippen molar-refractivity contribution < 1.29 is 4.74 Å². The minimum Gasteiger partial charge on any atom is -0.497 e. The summed E-state index contributed by atoms with van der Waals surface area (Å²) < 4.78 is 5.27. The standard InChI is InChI=1S/C21H26N2O/c1-5-12-23(3)17(2)13-18-8-6-10-20(14-18)22-16-19-9-7-11-21(15-19)24-4/h1,6-11,14-15,17,22H,12-13,16H2,2-4H3/t17-/m1/s1. The Bertz CT molecular complexity index is 690. The Morgan fingerprint density at radius 2 is 1.92 bits per heavy atom. The third-order valence-electron chi connectivity index (χ3n) is 4.18. The van der Waals surface area contributed by atoms with Gasteiger partial charge in [-0.3, -0.25) is 4.90 Å². The van der Waals surface area contributed by atoms with E-state index >= 15 is 0 Å². The molecule has 24 heavy (non-hydrogen) atoms. The minimum atomic E-state index is 0.412. The number of methoxy groups -OCH3 is 1. The number of likely N-dealkylation sites (N-methyl/N-ethyl adjacent to an activating group) is 1. The summed E-state index contributed by atoms with van der Waals surface area (Å²) in [6.45, 7) is 3.65. The van der Waals surface area contributed by atoms with Crippen LogP contribution in [-0.2, 0) is 13.0 Å². The molecule has 0 aromatic heterocycles. The van der Waals surface area contributed by atoms with Crippen LogP contribution in [-0.4, -0.2) is 31.6 Å². The fourth-order valence-corrected chi connectivity index (χ4v) is 2.59. The van der Waals surface area contributed by atoms with Crippen molar-refractivity contribution in [3.05, 3.63) is 59.7 Å². The molecule has 0 fully saturated rings. The van der Waals surface area contributed by atoms with Gasteiger partial charge < -0.3 is 10.1 Å². The van der Waals surface area contributed by atoms with Crippen LogP contribution >= 0.6 is 0 Å².